The van der Waals surface area contributed by atoms with Gasteiger partial charge in [0.15, 0.2) is 0 Å². The van der Waals surface area contributed by atoms with Crippen LogP contribution >= 0.6 is 11.3 Å². The van der Waals surface area contributed by atoms with Crippen LogP contribution in [0.4, 0.5) is 0 Å². The van der Waals surface area contributed by atoms with Gasteiger partial charge in [0.1, 0.15) is 5.75 Å². The minimum Gasteiger partial charge on any atom is -0.493 e. The number of rotatable bonds is 6. The molecule has 5 heteroatoms. The summed E-state index contributed by atoms with van der Waals surface area (Å²) in [6.45, 7) is 4.64. The molecule has 2 aromatic rings. The van der Waals surface area contributed by atoms with E-state index >= 15 is 0 Å². The number of nitrogens with zero attached hydrogens (tertiary/aromatic N) is 1. The Kier molecular flexibility index (Phi) is 5.11. The highest BCUT2D eigenvalue weighted by molar-refractivity contribution is 7.09. The smallest absolute Gasteiger partial charge is 0.328 e. The second-order valence-corrected chi connectivity index (χ2v) is 5.65. The number of aryl methyl sites for hydroxylation is 2. The van der Waals surface area contributed by atoms with Crippen molar-refractivity contribution in [1.82, 2.24) is 4.98 Å². The van der Waals surface area contributed by atoms with Gasteiger partial charge in [0, 0.05) is 17.9 Å². The molecule has 1 aromatic heterocycles. The summed E-state index contributed by atoms with van der Waals surface area (Å²) in [6.07, 6.45) is 3.29. The van der Waals surface area contributed by atoms with Gasteiger partial charge < -0.3 is 9.84 Å². The molecule has 0 amide bonds. The van der Waals surface area contributed by atoms with E-state index in [0.717, 1.165) is 22.4 Å². The standard InChI is InChI=1S/C16H17NO3S/c1-11-3-5-14(12(2)9-11)20-8-7-15-17-13(10-21-15)4-6-16(18)19/h3-6,9-10H,7-8H2,1-2H3,(H,18,19)/b6-4+. The summed E-state index contributed by atoms with van der Waals surface area (Å²) in [7, 11) is 0. The summed E-state index contributed by atoms with van der Waals surface area (Å²) < 4.78 is 5.76. The molecule has 0 unspecified atom stereocenters. The average molecular weight is 303 g/mol. The van der Waals surface area contributed by atoms with Gasteiger partial charge >= 0.3 is 5.97 Å². The van der Waals surface area contributed by atoms with Gasteiger partial charge in [-0.2, -0.15) is 0 Å². The van der Waals surface area contributed by atoms with E-state index in [2.05, 4.69) is 18.0 Å². The van der Waals surface area contributed by atoms with Gasteiger partial charge in [0.05, 0.1) is 17.3 Å². The molecule has 0 bridgehead atoms. The molecule has 110 valence electrons. The maximum absolute atomic E-state index is 10.4. The molecule has 4 nitrogen and oxygen atoms in total. The molecule has 0 spiro atoms. The second-order valence-electron chi connectivity index (χ2n) is 4.71. The Labute approximate surface area is 127 Å². The normalized spacial score (nSPS) is 11.0. The van der Waals surface area contributed by atoms with Crippen LogP contribution in [0.5, 0.6) is 5.75 Å². The molecule has 1 heterocycles. The number of thiazole rings is 1. The minimum absolute atomic E-state index is 0.555. The first-order valence-electron chi connectivity index (χ1n) is 6.60. The van der Waals surface area contributed by atoms with Crippen LogP contribution < -0.4 is 4.74 Å². The van der Waals surface area contributed by atoms with Gasteiger partial charge in [-0.3, -0.25) is 0 Å². The van der Waals surface area contributed by atoms with Crippen LogP contribution in [0.3, 0.4) is 0 Å². The number of aliphatic carboxylic acids is 1. The topological polar surface area (TPSA) is 59.4 Å². The Balaban J connectivity index is 1.87. The number of hydrogen-bond acceptors (Lipinski definition) is 4. The van der Waals surface area contributed by atoms with E-state index in [1.165, 1.54) is 23.0 Å². The van der Waals surface area contributed by atoms with E-state index < -0.39 is 5.97 Å². The summed E-state index contributed by atoms with van der Waals surface area (Å²) in [5, 5.41) is 11.3. The Morgan fingerprint density at radius 3 is 2.95 bits per heavy atom. The van der Waals surface area contributed by atoms with Crippen molar-refractivity contribution < 1.29 is 14.6 Å². The van der Waals surface area contributed by atoms with E-state index in [9.17, 15) is 4.79 Å². The predicted octanol–water partition coefficient (Wildman–Crippen LogP) is 3.48. The lowest BCUT2D eigenvalue weighted by Crippen LogP contribution is -2.02. The number of hydrogen-bond donors (Lipinski definition) is 1. The molecule has 0 aliphatic heterocycles. The summed E-state index contributed by atoms with van der Waals surface area (Å²) >= 11 is 1.51. The highest BCUT2D eigenvalue weighted by Gasteiger charge is 2.03. The average Bonchev–Trinajstić information content (AvgIpc) is 2.87. The third-order valence-electron chi connectivity index (χ3n) is 2.87. The molecule has 0 radical (unpaired) electrons. The van der Waals surface area contributed by atoms with Gasteiger partial charge in [-0.15, -0.1) is 11.3 Å². The van der Waals surface area contributed by atoms with Crippen molar-refractivity contribution in [3.05, 3.63) is 51.5 Å². The van der Waals surface area contributed by atoms with E-state index in [4.69, 9.17) is 9.84 Å². The minimum atomic E-state index is -0.970. The lowest BCUT2D eigenvalue weighted by atomic mass is 10.1. The summed E-state index contributed by atoms with van der Waals surface area (Å²) in [4.78, 5) is 14.8. The monoisotopic (exact) mass is 303 g/mol. The van der Waals surface area contributed by atoms with Crippen LogP contribution in [0.15, 0.2) is 29.7 Å². The van der Waals surface area contributed by atoms with Crippen molar-refractivity contribution >= 4 is 23.4 Å². The zero-order valence-electron chi connectivity index (χ0n) is 12.0. The van der Waals surface area contributed by atoms with E-state index in [1.54, 1.807) is 0 Å². The molecule has 0 aliphatic rings. The first-order chi connectivity index (χ1) is 10.0. The van der Waals surface area contributed by atoms with E-state index in [1.807, 2.05) is 24.4 Å². The van der Waals surface area contributed by atoms with Crippen LogP contribution in [0.25, 0.3) is 6.08 Å². The quantitative estimate of drug-likeness (QED) is 0.830. The van der Waals surface area contributed by atoms with Crippen LogP contribution in [0.2, 0.25) is 0 Å². The summed E-state index contributed by atoms with van der Waals surface area (Å²) in [5.74, 6) is -0.0779. The maximum atomic E-state index is 10.4. The number of carbonyl (C=O) groups is 1. The number of carboxylic acids is 1. The number of ether oxygens (including phenoxy) is 1. The Hall–Kier alpha value is -2.14. The summed E-state index contributed by atoms with van der Waals surface area (Å²) in [5.41, 5.74) is 3.01. The molecule has 2 rings (SSSR count). The molecule has 0 fully saturated rings. The van der Waals surface area contributed by atoms with Crippen molar-refractivity contribution in [2.45, 2.75) is 20.3 Å². The zero-order chi connectivity index (χ0) is 15.2. The number of benzene rings is 1. The van der Waals surface area contributed by atoms with Gasteiger partial charge in [0.25, 0.3) is 0 Å². The predicted molar refractivity (Wildman–Crippen MR) is 83.9 cm³/mol. The molecule has 0 atom stereocenters. The number of aromatic nitrogens is 1. The zero-order valence-corrected chi connectivity index (χ0v) is 12.8. The highest BCUT2D eigenvalue weighted by atomic mass is 32.1. The fraction of sp³-hybridized carbons (Fsp3) is 0.250. The Morgan fingerprint density at radius 1 is 1.43 bits per heavy atom. The molecule has 0 aliphatic carbocycles. The number of carboxylic acid groups (broad SMARTS) is 1. The summed E-state index contributed by atoms with van der Waals surface area (Å²) in [6, 6.07) is 6.10. The molecule has 21 heavy (non-hydrogen) atoms. The lowest BCUT2D eigenvalue weighted by molar-refractivity contribution is -0.131. The van der Waals surface area contributed by atoms with Crippen molar-refractivity contribution in [3.63, 3.8) is 0 Å². The van der Waals surface area contributed by atoms with E-state index in [0.29, 0.717) is 18.7 Å². The van der Waals surface area contributed by atoms with Crippen LogP contribution in [0, 0.1) is 13.8 Å². The fourth-order valence-corrected chi connectivity index (χ4v) is 2.63. The largest absolute Gasteiger partial charge is 0.493 e. The third-order valence-corrected chi connectivity index (χ3v) is 3.80. The Bertz CT molecular complexity index is 661. The first-order valence-corrected chi connectivity index (χ1v) is 7.48. The van der Waals surface area contributed by atoms with Crippen LogP contribution in [0.1, 0.15) is 21.8 Å². The maximum Gasteiger partial charge on any atom is 0.328 e. The molecule has 0 saturated carbocycles. The molecule has 1 N–H and O–H groups in total. The van der Waals surface area contributed by atoms with Crippen LogP contribution in [-0.4, -0.2) is 22.7 Å². The SMILES string of the molecule is Cc1ccc(OCCc2nc(/C=C/C(=O)O)cs2)c(C)c1. The van der Waals surface area contributed by atoms with Crippen molar-refractivity contribution in [2.24, 2.45) is 0 Å². The Morgan fingerprint density at radius 2 is 2.24 bits per heavy atom. The molecular weight excluding hydrogens is 286 g/mol. The first kappa shape index (κ1) is 15.3. The van der Waals surface area contributed by atoms with E-state index in [-0.39, 0.29) is 0 Å². The van der Waals surface area contributed by atoms with Gasteiger partial charge in [0.2, 0.25) is 0 Å². The van der Waals surface area contributed by atoms with Crippen molar-refractivity contribution in [1.29, 1.82) is 0 Å². The highest BCUT2D eigenvalue weighted by Crippen LogP contribution is 2.19. The van der Waals surface area contributed by atoms with Gasteiger partial charge in [-0.05, 0) is 31.6 Å². The van der Waals surface area contributed by atoms with Gasteiger partial charge in [-0.25, -0.2) is 9.78 Å². The molecular formula is C16H17NO3S. The third kappa shape index (κ3) is 4.72. The van der Waals surface area contributed by atoms with Crippen LogP contribution in [-0.2, 0) is 11.2 Å². The second kappa shape index (κ2) is 7.04. The van der Waals surface area contributed by atoms with Crippen molar-refractivity contribution in [3.8, 4) is 5.75 Å². The molecule has 0 saturated heterocycles. The van der Waals surface area contributed by atoms with Crippen molar-refractivity contribution in [2.75, 3.05) is 6.61 Å². The van der Waals surface area contributed by atoms with Gasteiger partial charge in [-0.1, -0.05) is 17.7 Å². The fourth-order valence-electron chi connectivity index (χ4n) is 1.88. The molecule has 1 aromatic carbocycles. The lowest BCUT2D eigenvalue weighted by Gasteiger charge is -2.08.